The Labute approximate surface area is 126 Å². The van der Waals surface area contributed by atoms with Crippen LogP contribution in [-0.4, -0.2) is 0 Å². The Balaban J connectivity index is 2.05. The fourth-order valence-corrected chi connectivity index (χ4v) is 2.68. The van der Waals surface area contributed by atoms with E-state index < -0.39 is 0 Å². The summed E-state index contributed by atoms with van der Waals surface area (Å²) in [4.78, 5) is 12.7. The van der Waals surface area contributed by atoms with Crippen LogP contribution in [0.5, 0.6) is 0 Å². The molecule has 4 rings (SSSR count). The molecule has 0 aliphatic carbocycles. The van der Waals surface area contributed by atoms with Crippen molar-refractivity contribution in [3.8, 4) is 11.1 Å². The summed E-state index contributed by atoms with van der Waals surface area (Å²) in [5, 5.41) is 1.08. The van der Waals surface area contributed by atoms with Crippen LogP contribution in [0.25, 0.3) is 33.1 Å². The highest BCUT2D eigenvalue weighted by Gasteiger charge is 2.09. The third-order valence-corrected chi connectivity index (χ3v) is 3.80. The average Bonchev–Trinajstić information content (AvgIpc) is 2.56. The van der Waals surface area contributed by atoms with Gasteiger partial charge in [-0.2, -0.15) is 0 Å². The lowest BCUT2D eigenvalue weighted by Crippen LogP contribution is -2.03. The molecule has 0 fully saturated rings. The highest BCUT2D eigenvalue weighted by molar-refractivity contribution is 5.93. The van der Waals surface area contributed by atoms with Gasteiger partial charge in [-0.1, -0.05) is 36.4 Å². The fourth-order valence-electron chi connectivity index (χ4n) is 2.68. The van der Waals surface area contributed by atoms with Gasteiger partial charge in [0, 0.05) is 5.69 Å². The number of nitrogens with two attached hydrogens (primary N) is 1. The second-order valence-electron chi connectivity index (χ2n) is 5.26. The van der Waals surface area contributed by atoms with E-state index in [4.69, 9.17) is 10.2 Å². The molecular weight excluding hydrogens is 274 g/mol. The van der Waals surface area contributed by atoms with Crippen molar-refractivity contribution in [3.63, 3.8) is 0 Å². The highest BCUT2D eigenvalue weighted by atomic mass is 16.3. The van der Waals surface area contributed by atoms with Gasteiger partial charge >= 0.3 is 0 Å². The lowest BCUT2D eigenvalue weighted by molar-refractivity contribution is 0.660. The van der Waals surface area contributed by atoms with Crippen LogP contribution >= 0.6 is 0 Å². The zero-order valence-corrected chi connectivity index (χ0v) is 11.7. The molecule has 3 nitrogen and oxygen atoms in total. The summed E-state index contributed by atoms with van der Waals surface area (Å²) in [5.41, 5.74) is 9.47. The van der Waals surface area contributed by atoms with Gasteiger partial charge < -0.3 is 10.2 Å². The van der Waals surface area contributed by atoms with Gasteiger partial charge in [-0.05, 0) is 41.5 Å². The zero-order chi connectivity index (χ0) is 15.1. The lowest BCUT2D eigenvalue weighted by Gasteiger charge is -2.05. The average molecular weight is 287 g/mol. The van der Waals surface area contributed by atoms with Crippen LogP contribution in [-0.2, 0) is 0 Å². The largest absolute Gasteiger partial charge is 0.456 e. The van der Waals surface area contributed by atoms with Crippen molar-refractivity contribution in [1.29, 1.82) is 0 Å². The molecule has 3 heteroatoms. The normalized spacial score (nSPS) is 11.1. The minimum Gasteiger partial charge on any atom is -0.456 e. The van der Waals surface area contributed by atoms with Gasteiger partial charge in [0.15, 0.2) is 0 Å². The summed E-state index contributed by atoms with van der Waals surface area (Å²) >= 11 is 0. The summed E-state index contributed by atoms with van der Waals surface area (Å²) in [5.74, 6) is 0. The number of benzene rings is 3. The SMILES string of the molecule is Nc1ccc2oc3ccc(-c4ccccc4)cc3c(=O)c2c1. The molecule has 0 saturated carbocycles. The van der Waals surface area contributed by atoms with E-state index in [0.717, 1.165) is 11.1 Å². The molecule has 1 heterocycles. The molecule has 2 N–H and O–H groups in total. The molecule has 3 aromatic carbocycles. The molecule has 22 heavy (non-hydrogen) atoms. The van der Waals surface area contributed by atoms with E-state index in [1.54, 1.807) is 18.2 Å². The van der Waals surface area contributed by atoms with Gasteiger partial charge in [-0.25, -0.2) is 0 Å². The Bertz CT molecular complexity index is 1050. The van der Waals surface area contributed by atoms with Gasteiger partial charge in [-0.3, -0.25) is 4.79 Å². The van der Waals surface area contributed by atoms with Crippen molar-refractivity contribution in [2.45, 2.75) is 0 Å². The summed E-state index contributed by atoms with van der Waals surface area (Å²) in [6.07, 6.45) is 0. The van der Waals surface area contributed by atoms with E-state index in [-0.39, 0.29) is 5.43 Å². The van der Waals surface area contributed by atoms with Crippen LogP contribution in [0.1, 0.15) is 0 Å². The predicted molar refractivity (Wildman–Crippen MR) is 89.8 cm³/mol. The molecule has 106 valence electrons. The Hall–Kier alpha value is -3.07. The molecule has 0 saturated heterocycles. The number of fused-ring (bicyclic) bond motifs is 2. The van der Waals surface area contributed by atoms with E-state index in [2.05, 4.69) is 0 Å². The molecule has 0 spiro atoms. The first kappa shape index (κ1) is 12.7. The smallest absolute Gasteiger partial charge is 0.200 e. The Kier molecular flexibility index (Phi) is 2.73. The zero-order valence-electron chi connectivity index (χ0n) is 11.7. The van der Waals surface area contributed by atoms with E-state index in [1.807, 2.05) is 48.5 Å². The second kappa shape index (κ2) is 4.74. The van der Waals surface area contributed by atoms with Gasteiger partial charge in [0.25, 0.3) is 0 Å². The van der Waals surface area contributed by atoms with Crippen LogP contribution in [0.4, 0.5) is 5.69 Å². The van der Waals surface area contributed by atoms with Gasteiger partial charge in [0.05, 0.1) is 10.8 Å². The highest BCUT2D eigenvalue weighted by Crippen LogP contribution is 2.25. The van der Waals surface area contributed by atoms with Crippen molar-refractivity contribution in [2.24, 2.45) is 0 Å². The molecule has 1 aromatic heterocycles. The van der Waals surface area contributed by atoms with Crippen molar-refractivity contribution < 1.29 is 4.42 Å². The second-order valence-corrected chi connectivity index (χ2v) is 5.26. The summed E-state index contributed by atoms with van der Waals surface area (Å²) in [6.45, 7) is 0. The molecular formula is C19H13NO2. The van der Waals surface area contributed by atoms with Crippen LogP contribution in [0.15, 0.2) is 75.9 Å². The maximum atomic E-state index is 12.7. The molecule has 0 aliphatic rings. The Morgan fingerprint density at radius 2 is 1.41 bits per heavy atom. The third-order valence-electron chi connectivity index (χ3n) is 3.80. The van der Waals surface area contributed by atoms with E-state index in [1.165, 1.54) is 0 Å². The molecule has 0 bridgehead atoms. The van der Waals surface area contributed by atoms with Crippen molar-refractivity contribution >= 4 is 27.6 Å². The van der Waals surface area contributed by atoms with E-state index >= 15 is 0 Å². The number of anilines is 1. The van der Waals surface area contributed by atoms with Gasteiger partial charge in [-0.15, -0.1) is 0 Å². The van der Waals surface area contributed by atoms with Gasteiger partial charge in [0.1, 0.15) is 11.2 Å². The monoisotopic (exact) mass is 287 g/mol. The van der Waals surface area contributed by atoms with E-state index in [9.17, 15) is 4.79 Å². The number of hydrogen-bond donors (Lipinski definition) is 1. The first-order valence-electron chi connectivity index (χ1n) is 7.04. The maximum absolute atomic E-state index is 12.7. The van der Waals surface area contributed by atoms with Crippen LogP contribution in [0, 0.1) is 0 Å². The molecule has 0 atom stereocenters. The standard InChI is InChI=1S/C19H13NO2/c20-14-7-9-18-16(11-14)19(21)15-10-13(6-8-17(15)22-18)12-4-2-1-3-5-12/h1-11H,20H2. The first-order valence-corrected chi connectivity index (χ1v) is 7.04. The summed E-state index contributed by atoms with van der Waals surface area (Å²) in [6, 6.07) is 20.8. The summed E-state index contributed by atoms with van der Waals surface area (Å²) < 4.78 is 5.82. The Morgan fingerprint density at radius 1 is 0.727 bits per heavy atom. The maximum Gasteiger partial charge on any atom is 0.200 e. The topological polar surface area (TPSA) is 56.2 Å². The number of nitrogen functional groups attached to an aromatic ring is 1. The van der Waals surface area contributed by atoms with Crippen molar-refractivity contribution in [1.82, 2.24) is 0 Å². The fraction of sp³-hybridized carbons (Fsp3) is 0. The predicted octanol–water partition coefficient (Wildman–Crippen LogP) is 4.20. The molecule has 4 aromatic rings. The molecule has 0 amide bonds. The van der Waals surface area contributed by atoms with E-state index in [0.29, 0.717) is 27.6 Å². The van der Waals surface area contributed by atoms with Crippen molar-refractivity contribution in [3.05, 3.63) is 77.0 Å². The molecule has 0 aliphatic heterocycles. The minimum absolute atomic E-state index is 0.0543. The van der Waals surface area contributed by atoms with Crippen LogP contribution in [0.3, 0.4) is 0 Å². The number of hydrogen-bond acceptors (Lipinski definition) is 3. The Morgan fingerprint density at radius 3 is 2.18 bits per heavy atom. The first-order chi connectivity index (χ1) is 10.7. The minimum atomic E-state index is -0.0543. The third kappa shape index (κ3) is 1.95. The quantitative estimate of drug-likeness (QED) is 0.422. The molecule has 0 radical (unpaired) electrons. The number of rotatable bonds is 1. The van der Waals surface area contributed by atoms with Crippen molar-refractivity contribution in [2.75, 3.05) is 5.73 Å². The van der Waals surface area contributed by atoms with Gasteiger partial charge in [0.2, 0.25) is 5.43 Å². The van der Waals surface area contributed by atoms with Crippen LogP contribution in [0.2, 0.25) is 0 Å². The van der Waals surface area contributed by atoms with Crippen LogP contribution < -0.4 is 11.2 Å². The summed E-state index contributed by atoms with van der Waals surface area (Å²) in [7, 11) is 0. The lowest BCUT2D eigenvalue weighted by atomic mass is 10.0. The molecule has 0 unspecified atom stereocenters.